The van der Waals surface area contributed by atoms with Crippen LogP contribution in [0.2, 0.25) is 0 Å². The van der Waals surface area contributed by atoms with E-state index in [0.717, 1.165) is 41.4 Å². The number of hydrogen-bond donors (Lipinski definition) is 2. The molecule has 0 atom stereocenters. The zero-order chi connectivity index (χ0) is 15.2. The lowest BCUT2D eigenvalue weighted by molar-refractivity contribution is -0.124. The van der Waals surface area contributed by atoms with E-state index in [-0.39, 0.29) is 17.7 Å². The van der Waals surface area contributed by atoms with Gasteiger partial charge in [0.05, 0.1) is 0 Å². The van der Waals surface area contributed by atoms with Gasteiger partial charge in [0, 0.05) is 29.0 Å². The van der Waals surface area contributed by atoms with Crippen LogP contribution in [0, 0.1) is 12.8 Å². The molecule has 1 aliphatic carbocycles. The number of benzene rings is 1. The number of amides is 2. The highest BCUT2D eigenvalue weighted by atomic mass is 79.9. The zero-order valence-electron chi connectivity index (χ0n) is 12.2. The molecular formula is C16H21BrN2O2. The number of carbonyl (C=O) groups excluding carboxylic acids is 2. The maximum atomic E-state index is 11.9. The van der Waals surface area contributed by atoms with Crippen molar-refractivity contribution in [1.29, 1.82) is 0 Å². The molecule has 1 aromatic carbocycles. The number of hydrogen-bond acceptors (Lipinski definition) is 2. The Morgan fingerprint density at radius 3 is 2.67 bits per heavy atom. The summed E-state index contributed by atoms with van der Waals surface area (Å²) in [5, 5.41) is 5.73. The van der Waals surface area contributed by atoms with Crippen LogP contribution < -0.4 is 10.6 Å². The molecule has 1 saturated carbocycles. The van der Waals surface area contributed by atoms with Gasteiger partial charge in [0.25, 0.3) is 0 Å². The predicted octanol–water partition coefficient (Wildman–Crippen LogP) is 3.39. The molecular weight excluding hydrogens is 332 g/mol. The molecule has 2 amide bonds. The first-order chi connectivity index (χ1) is 10.1. The lowest BCUT2D eigenvalue weighted by Gasteiger charge is -2.11. The van der Waals surface area contributed by atoms with Crippen LogP contribution in [0.25, 0.3) is 0 Å². The standard InChI is InChI=1S/C16H21BrN2O2/c1-11-10-13(17)6-7-14(11)19-15(20)8-9-18-16(21)12-4-2-3-5-12/h6-7,10,12H,2-5,8-9H2,1H3,(H,18,21)(H,19,20). The van der Waals surface area contributed by atoms with Crippen LogP contribution in [0.15, 0.2) is 22.7 Å². The second-order valence-electron chi connectivity index (χ2n) is 5.53. The molecule has 1 aromatic rings. The summed E-state index contributed by atoms with van der Waals surface area (Å²) in [6.45, 7) is 2.35. The Morgan fingerprint density at radius 2 is 2.00 bits per heavy atom. The highest BCUT2D eigenvalue weighted by molar-refractivity contribution is 9.10. The Balaban J connectivity index is 1.73. The molecule has 0 bridgehead atoms. The van der Waals surface area contributed by atoms with E-state index >= 15 is 0 Å². The molecule has 114 valence electrons. The third-order valence-electron chi connectivity index (χ3n) is 3.84. The average molecular weight is 353 g/mol. The van der Waals surface area contributed by atoms with Crippen molar-refractivity contribution < 1.29 is 9.59 Å². The molecule has 2 rings (SSSR count). The molecule has 0 spiro atoms. The van der Waals surface area contributed by atoms with Gasteiger partial charge >= 0.3 is 0 Å². The first-order valence-corrected chi connectivity index (χ1v) is 8.19. The monoisotopic (exact) mass is 352 g/mol. The lowest BCUT2D eigenvalue weighted by Crippen LogP contribution is -2.32. The molecule has 1 fully saturated rings. The van der Waals surface area contributed by atoms with Gasteiger partial charge in [0.1, 0.15) is 0 Å². The van der Waals surface area contributed by atoms with Gasteiger partial charge in [-0.15, -0.1) is 0 Å². The molecule has 2 N–H and O–H groups in total. The van der Waals surface area contributed by atoms with Crippen molar-refractivity contribution in [2.45, 2.75) is 39.0 Å². The van der Waals surface area contributed by atoms with E-state index in [0.29, 0.717) is 13.0 Å². The molecule has 0 unspecified atom stereocenters. The van der Waals surface area contributed by atoms with Gasteiger partial charge in [0.2, 0.25) is 11.8 Å². The number of aryl methyl sites for hydroxylation is 1. The largest absolute Gasteiger partial charge is 0.355 e. The molecule has 5 heteroatoms. The molecule has 0 aliphatic heterocycles. The van der Waals surface area contributed by atoms with E-state index < -0.39 is 0 Å². The van der Waals surface area contributed by atoms with Gasteiger partial charge in [-0.3, -0.25) is 9.59 Å². The van der Waals surface area contributed by atoms with Gasteiger partial charge in [0.15, 0.2) is 0 Å². The van der Waals surface area contributed by atoms with Gasteiger partial charge in [-0.25, -0.2) is 0 Å². The van der Waals surface area contributed by atoms with E-state index in [1.807, 2.05) is 25.1 Å². The van der Waals surface area contributed by atoms with Gasteiger partial charge in [-0.1, -0.05) is 28.8 Å². The molecule has 0 saturated heterocycles. The quantitative estimate of drug-likeness (QED) is 0.853. The third-order valence-corrected chi connectivity index (χ3v) is 4.33. The van der Waals surface area contributed by atoms with Crippen molar-refractivity contribution in [2.75, 3.05) is 11.9 Å². The Hall–Kier alpha value is -1.36. The first-order valence-electron chi connectivity index (χ1n) is 7.40. The van der Waals surface area contributed by atoms with Crippen LogP contribution in [0.3, 0.4) is 0 Å². The Kier molecular flexibility index (Phi) is 5.79. The Labute approximate surface area is 133 Å². The summed E-state index contributed by atoms with van der Waals surface area (Å²) in [6, 6.07) is 5.72. The normalized spacial score (nSPS) is 15.0. The topological polar surface area (TPSA) is 58.2 Å². The summed E-state index contributed by atoms with van der Waals surface area (Å²) in [4.78, 5) is 23.7. The van der Waals surface area contributed by atoms with E-state index in [1.165, 1.54) is 0 Å². The third kappa shape index (κ3) is 4.84. The summed E-state index contributed by atoms with van der Waals surface area (Å²) >= 11 is 3.39. The zero-order valence-corrected chi connectivity index (χ0v) is 13.8. The summed E-state index contributed by atoms with van der Waals surface area (Å²) in [6.07, 6.45) is 4.54. The maximum absolute atomic E-state index is 11.9. The minimum absolute atomic E-state index is 0.0767. The molecule has 0 radical (unpaired) electrons. The predicted molar refractivity (Wildman–Crippen MR) is 87.1 cm³/mol. The van der Waals surface area contributed by atoms with Crippen molar-refractivity contribution in [2.24, 2.45) is 5.92 Å². The molecule has 4 nitrogen and oxygen atoms in total. The Morgan fingerprint density at radius 1 is 1.29 bits per heavy atom. The minimum Gasteiger partial charge on any atom is -0.355 e. The van der Waals surface area contributed by atoms with Crippen LogP contribution in [-0.2, 0) is 9.59 Å². The van der Waals surface area contributed by atoms with Crippen molar-refractivity contribution in [3.8, 4) is 0 Å². The number of anilines is 1. The number of rotatable bonds is 5. The number of nitrogens with one attached hydrogen (secondary N) is 2. The van der Waals surface area contributed by atoms with Crippen LogP contribution in [0.1, 0.15) is 37.7 Å². The van der Waals surface area contributed by atoms with Gasteiger partial charge < -0.3 is 10.6 Å². The summed E-state index contributed by atoms with van der Waals surface area (Å²) in [7, 11) is 0. The van der Waals surface area contributed by atoms with E-state index in [1.54, 1.807) is 0 Å². The van der Waals surface area contributed by atoms with Crippen molar-refractivity contribution >= 4 is 33.4 Å². The van der Waals surface area contributed by atoms with Gasteiger partial charge in [-0.2, -0.15) is 0 Å². The van der Waals surface area contributed by atoms with E-state index in [2.05, 4.69) is 26.6 Å². The second-order valence-corrected chi connectivity index (χ2v) is 6.45. The van der Waals surface area contributed by atoms with Crippen LogP contribution in [-0.4, -0.2) is 18.4 Å². The Bertz CT molecular complexity index is 525. The summed E-state index contributed by atoms with van der Waals surface area (Å²) < 4.78 is 0.988. The van der Waals surface area contributed by atoms with Gasteiger partial charge in [-0.05, 0) is 43.5 Å². The fourth-order valence-electron chi connectivity index (χ4n) is 2.61. The molecule has 1 aliphatic rings. The summed E-state index contributed by atoms with van der Waals surface area (Å²) in [5.41, 5.74) is 1.82. The molecule has 0 heterocycles. The fourth-order valence-corrected chi connectivity index (χ4v) is 3.09. The van der Waals surface area contributed by atoms with Crippen LogP contribution in [0.4, 0.5) is 5.69 Å². The highest BCUT2D eigenvalue weighted by Crippen LogP contribution is 2.24. The minimum atomic E-state index is -0.0767. The van der Waals surface area contributed by atoms with Crippen molar-refractivity contribution in [1.82, 2.24) is 5.32 Å². The highest BCUT2D eigenvalue weighted by Gasteiger charge is 2.22. The van der Waals surface area contributed by atoms with Crippen molar-refractivity contribution in [3.63, 3.8) is 0 Å². The number of halogens is 1. The number of carbonyl (C=O) groups is 2. The van der Waals surface area contributed by atoms with Crippen LogP contribution >= 0.6 is 15.9 Å². The average Bonchev–Trinajstić information content (AvgIpc) is 2.96. The summed E-state index contributed by atoms with van der Waals surface area (Å²) in [5.74, 6) is 0.175. The van der Waals surface area contributed by atoms with E-state index in [4.69, 9.17) is 0 Å². The smallest absolute Gasteiger partial charge is 0.226 e. The first kappa shape index (κ1) is 16.0. The SMILES string of the molecule is Cc1cc(Br)ccc1NC(=O)CCNC(=O)C1CCCC1. The van der Waals surface area contributed by atoms with Crippen LogP contribution in [0.5, 0.6) is 0 Å². The van der Waals surface area contributed by atoms with E-state index in [9.17, 15) is 9.59 Å². The molecule has 0 aromatic heterocycles. The second kappa shape index (κ2) is 7.59. The fraction of sp³-hybridized carbons (Fsp3) is 0.500. The maximum Gasteiger partial charge on any atom is 0.226 e. The molecule has 21 heavy (non-hydrogen) atoms. The van der Waals surface area contributed by atoms with Crippen molar-refractivity contribution in [3.05, 3.63) is 28.2 Å². The lowest BCUT2D eigenvalue weighted by atomic mass is 10.1.